The van der Waals surface area contributed by atoms with Crippen LogP contribution < -0.4 is 14.8 Å². The molecule has 112 valence electrons. The highest BCUT2D eigenvalue weighted by Gasteiger charge is 2.10. The Morgan fingerprint density at radius 3 is 2.71 bits per heavy atom. The average Bonchev–Trinajstić information content (AvgIpc) is 2.45. The Balaban J connectivity index is 2.16. The molecule has 0 aliphatic heterocycles. The molecule has 2 aromatic rings. The average molecular weight is 329 g/mol. The number of nitrogens with one attached hydrogen (secondary N) is 1. The quantitative estimate of drug-likeness (QED) is 0.878. The molecule has 2 rings (SSSR count). The number of anilines is 1. The maximum atomic E-state index is 6.16. The number of benzene rings is 1. The Hall–Kier alpha value is -1.79. The molecular weight excluding hydrogens is 315 g/mol. The molecule has 0 spiro atoms. The Morgan fingerprint density at radius 1 is 1.19 bits per heavy atom. The van der Waals surface area contributed by atoms with Crippen LogP contribution in [0, 0.1) is 0 Å². The predicted molar refractivity (Wildman–Crippen MR) is 81.3 cm³/mol. The maximum absolute atomic E-state index is 6.16. The predicted octanol–water partition coefficient (Wildman–Crippen LogP) is 3.20. The maximum Gasteiger partial charge on any atom is 0.322 e. The van der Waals surface area contributed by atoms with E-state index in [1.54, 1.807) is 13.2 Å². The van der Waals surface area contributed by atoms with Crippen LogP contribution in [-0.2, 0) is 6.54 Å². The Kier molecular flexibility index (Phi) is 5.41. The van der Waals surface area contributed by atoms with Gasteiger partial charge in [0.2, 0.25) is 11.2 Å². The number of nitrogens with zero attached hydrogens (tertiary/aromatic N) is 3. The molecule has 0 aliphatic rings. The number of hydrogen-bond acceptors (Lipinski definition) is 6. The first kappa shape index (κ1) is 15.6. The molecule has 0 saturated carbocycles. The van der Waals surface area contributed by atoms with E-state index in [0.717, 1.165) is 5.56 Å². The van der Waals surface area contributed by atoms with Crippen molar-refractivity contribution < 1.29 is 9.47 Å². The molecule has 0 unspecified atom stereocenters. The van der Waals surface area contributed by atoms with E-state index in [0.29, 0.717) is 29.9 Å². The van der Waals surface area contributed by atoms with Gasteiger partial charge < -0.3 is 14.8 Å². The minimum atomic E-state index is 0.0575. The molecule has 0 aliphatic carbocycles. The molecule has 0 saturated heterocycles. The first-order valence-electron chi connectivity index (χ1n) is 6.23. The summed E-state index contributed by atoms with van der Waals surface area (Å²) in [6.45, 7) is 2.66. The molecule has 1 heterocycles. The fourth-order valence-corrected chi connectivity index (χ4v) is 2.06. The van der Waals surface area contributed by atoms with Crippen LogP contribution in [0.5, 0.6) is 11.8 Å². The van der Waals surface area contributed by atoms with Crippen molar-refractivity contribution in [1.29, 1.82) is 0 Å². The van der Waals surface area contributed by atoms with Crippen LogP contribution in [0.1, 0.15) is 12.5 Å². The van der Waals surface area contributed by atoms with Gasteiger partial charge in [0, 0.05) is 17.1 Å². The van der Waals surface area contributed by atoms with E-state index in [4.69, 9.17) is 32.7 Å². The van der Waals surface area contributed by atoms with Crippen LogP contribution in [0.2, 0.25) is 10.3 Å². The lowest BCUT2D eigenvalue weighted by Gasteiger charge is -2.11. The van der Waals surface area contributed by atoms with Crippen molar-refractivity contribution in [3.8, 4) is 11.8 Å². The van der Waals surface area contributed by atoms with Crippen molar-refractivity contribution in [3.63, 3.8) is 0 Å². The fraction of sp³-hybridized carbons (Fsp3) is 0.308. The highest BCUT2D eigenvalue weighted by atomic mass is 35.5. The van der Waals surface area contributed by atoms with Crippen molar-refractivity contribution in [1.82, 2.24) is 15.0 Å². The Bertz CT molecular complexity index is 625. The Morgan fingerprint density at radius 2 is 2.00 bits per heavy atom. The summed E-state index contributed by atoms with van der Waals surface area (Å²) in [5, 5.41) is 3.67. The number of methoxy groups -OCH3 is 1. The molecule has 0 amide bonds. The normalized spacial score (nSPS) is 10.3. The van der Waals surface area contributed by atoms with Gasteiger partial charge in [-0.2, -0.15) is 15.0 Å². The van der Waals surface area contributed by atoms with E-state index in [1.165, 1.54) is 0 Å². The molecule has 21 heavy (non-hydrogen) atoms. The lowest BCUT2D eigenvalue weighted by atomic mass is 10.2. The lowest BCUT2D eigenvalue weighted by Crippen LogP contribution is -2.08. The number of halogens is 2. The summed E-state index contributed by atoms with van der Waals surface area (Å²) in [5.41, 5.74) is 0.802. The highest BCUT2D eigenvalue weighted by Crippen LogP contribution is 2.26. The number of rotatable bonds is 6. The van der Waals surface area contributed by atoms with Gasteiger partial charge >= 0.3 is 6.01 Å². The minimum Gasteiger partial charge on any atom is -0.496 e. The zero-order valence-electron chi connectivity index (χ0n) is 11.6. The summed E-state index contributed by atoms with van der Waals surface area (Å²) in [6.07, 6.45) is 0. The van der Waals surface area contributed by atoms with Gasteiger partial charge in [0.25, 0.3) is 0 Å². The number of ether oxygens (including phenoxy) is 2. The molecule has 6 nitrogen and oxygen atoms in total. The molecular formula is C13H14Cl2N4O2. The van der Waals surface area contributed by atoms with Crippen molar-refractivity contribution >= 4 is 29.2 Å². The monoisotopic (exact) mass is 328 g/mol. The topological polar surface area (TPSA) is 69.2 Å². The molecule has 0 fully saturated rings. The second kappa shape index (κ2) is 7.28. The summed E-state index contributed by atoms with van der Waals surface area (Å²) < 4.78 is 10.5. The summed E-state index contributed by atoms with van der Waals surface area (Å²) in [5.74, 6) is 0.987. The van der Waals surface area contributed by atoms with Gasteiger partial charge in [-0.25, -0.2) is 0 Å². The van der Waals surface area contributed by atoms with E-state index in [1.807, 2.05) is 19.1 Å². The van der Waals surface area contributed by atoms with Crippen LogP contribution in [0.3, 0.4) is 0 Å². The van der Waals surface area contributed by atoms with E-state index in [9.17, 15) is 0 Å². The fourth-order valence-electron chi connectivity index (χ4n) is 1.67. The van der Waals surface area contributed by atoms with Gasteiger partial charge in [-0.15, -0.1) is 0 Å². The standard InChI is InChI=1S/C13H14Cl2N4O2/c1-3-21-13-18-11(15)17-12(19-13)16-7-8-9(14)5-4-6-10(8)20-2/h4-6H,3,7H2,1-2H3,(H,16,17,18,19). The van der Waals surface area contributed by atoms with Gasteiger partial charge in [-0.1, -0.05) is 17.7 Å². The van der Waals surface area contributed by atoms with E-state index < -0.39 is 0 Å². The zero-order valence-corrected chi connectivity index (χ0v) is 13.1. The van der Waals surface area contributed by atoms with E-state index in [-0.39, 0.29) is 11.3 Å². The van der Waals surface area contributed by atoms with E-state index >= 15 is 0 Å². The largest absolute Gasteiger partial charge is 0.496 e. The van der Waals surface area contributed by atoms with Crippen LogP contribution in [0.25, 0.3) is 0 Å². The van der Waals surface area contributed by atoms with Crippen molar-refractivity contribution in [2.75, 3.05) is 19.0 Å². The van der Waals surface area contributed by atoms with Gasteiger partial charge in [0.1, 0.15) is 5.75 Å². The molecule has 1 N–H and O–H groups in total. The summed E-state index contributed by atoms with van der Waals surface area (Å²) in [7, 11) is 1.59. The summed E-state index contributed by atoms with van der Waals surface area (Å²) in [6, 6.07) is 5.60. The summed E-state index contributed by atoms with van der Waals surface area (Å²) in [4.78, 5) is 11.9. The molecule has 8 heteroatoms. The van der Waals surface area contributed by atoms with Gasteiger partial charge in [-0.05, 0) is 30.7 Å². The van der Waals surface area contributed by atoms with Gasteiger partial charge in [0.05, 0.1) is 13.7 Å². The van der Waals surface area contributed by atoms with Crippen molar-refractivity contribution in [2.45, 2.75) is 13.5 Å². The van der Waals surface area contributed by atoms with Crippen LogP contribution >= 0.6 is 23.2 Å². The van der Waals surface area contributed by atoms with Crippen molar-refractivity contribution in [2.24, 2.45) is 0 Å². The molecule has 0 atom stereocenters. The summed E-state index contributed by atoms with van der Waals surface area (Å²) >= 11 is 12.0. The highest BCUT2D eigenvalue weighted by molar-refractivity contribution is 6.31. The third-order valence-electron chi connectivity index (χ3n) is 2.58. The smallest absolute Gasteiger partial charge is 0.322 e. The SMILES string of the molecule is CCOc1nc(Cl)nc(NCc2c(Cl)cccc2OC)n1. The van der Waals surface area contributed by atoms with Crippen molar-refractivity contribution in [3.05, 3.63) is 34.1 Å². The van der Waals surface area contributed by atoms with Crippen LogP contribution in [0.15, 0.2) is 18.2 Å². The number of aromatic nitrogens is 3. The lowest BCUT2D eigenvalue weighted by molar-refractivity contribution is 0.312. The first-order chi connectivity index (χ1) is 10.1. The van der Waals surface area contributed by atoms with E-state index in [2.05, 4.69) is 20.3 Å². The second-order valence-electron chi connectivity index (χ2n) is 3.92. The van der Waals surface area contributed by atoms with Gasteiger partial charge in [-0.3, -0.25) is 0 Å². The number of hydrogen-bond donors (Lipinski definition) is 1. The van der Waals surface area contributed by atoms with Crippen LogP contribution in [-0.4, -0.2) is 28.7 Å². The first-order valence-corrected chi connectivity index (χ1v) is 6.99. The molecule has 1 aromatic heterocycles. The zero-order chi connectivity index (χ0) is 15.2. The third kappa shape index (κ3) is 4.09. The molecule has 0 radical (unpaired) electrons. The molecule has 1 aromatic carbocycles. The van der Waals surface area contributed by atoms with Crippen LogP contribution in [0.4, 0.5) is 5.95 Å². The minimum absolute atomic E-state index is 0.0575. The van der Waals surface area contributed by atoms with Gasteiger partial charge in [0.15, 0.2) is 0 Å². The third-order valence-corrected chi connectivity index (χ3v) is 3.10. The molecule has 0 bridgehead atoms. The second-order valence-corrected chi connectivity index (χ2v) is 4.66. The Labute approximate surface area is 132 Å².